The first-order chi connectivity index (χ1) is 8.20. The molecule has 86 valence electrons. The van der Waals surface area contributed by atoms with Crippen LogP contribution in [-0.4, -0.2) is 5.78 Å². The summed E-state index contributed by atoms with van der Waals surface area (Å²) in [5, 5.41) is 0. The summed E-state index contributed by atoms with van der Waals surface area (Å²) in [4.78, 5) is 11.9. The van der Waals surface area contributed by atoms with E-state index in [4.69, 9.17) is 0 Å². The van der Waals surface area contributed by atoms with Gasteiger partial charge in [-0.2, -0.15) is 0 Å². The smallest absolute Gasteiger partial charge is 0.185 e. The van der Waals surface area contributed by atoms with Gasteiger partial charge in [0.2, 0.25) is 0 Å². The topological polar surface area (TPSA) is 17.1 Å². The second kappa shape index (κ2) is 4.96. The van der Waals surface area contributed by atoms with E-state index >= 15 is 0 Å². The summed E-state index contributed by atoms with van der Waals surface area (Å²) < 4.78 is 0. The Labute approximate surface area is 102 Å². The van der Waals surface area contributed by atoms with E-state index in [9.17, 15) is 4.79 Å². The van der Waals surface area contributed by atoms with Crippen LogP contribution >= 0.6 is 0 Å². The van der Waals surface area contributed by atoms with Crippen molar-refractivity contribution in [2.75, 3.05) is 0 Å². The first-order valence-electron chi connectivity index (χ1n) is 5.83. The molecule has 1 aromatic rings. The Morgan fingerprint density at radius 3 is 2.65 bits per heavy atom. The fourth-order valence-corrected chi connectivity index (χ4v) is 1.83. The van der Waals surface area contributed by atoms with Gasteiger partial charge < -0.3 is 0 Å². The monoisotopic (exact) mass is 224 g/mol. The van der Waals surface area contributed by atoms with Gasteiger partial charge >= 0.3 is 0 Å². The molecule has 0 amide bonds. The van der Waals surface area contributed by atoms with Crippen LogP contribution in [-0.2, 0) is 0 Å². The first kappa shape index (κ1) is 11.6. The van der Waals surface area contributed by atoms with Crippen molar-refractivity contribution in [1.82, 2.24) is 0 Å². The van der Waals surface area contributed by atoms with Crippen molar-refractivity contribution in [3.05, 3.63) is 72.4 Å². The molecule has 0 aliphatic heterocycles. The van der Waals surface area contributed by atoms with Gasteiger partial charge in [0.05, 0.1) is 0 Å². The third kappa shape index (κ3) is 3.04. The molecule has 0 saturated heterocycles. The highest BCUT2D eigenvalue weighted by molar-refractivity contribution is 6.04. The maximum Gasteiger partial charge on any atom is 0.185 e. The second-order valence-electron chi connectivity index (χ2n) is 4.56. The molecular weight excluding hydrogens is 208 g/mol. The summed E-state index contributed by atoms with van der Waals surface area (Å²) in [5.41, 5.74) is 0.710. The lowest BCUT2D eigenvalue weighted by Crippen LogP contribution is -2.10. The molecule has 1 nitrogen and oxygen atoms in total. The molecule has 0 heterocycles. The van der Waals surface area contributed by atoms with Gasteiger partial charge in [-0.05, 0) is 12.5 Å². The van der Waals surface area contributed by atoms with E-state index < -0.39 is 0 Å². The third-order valence-electron chi connectivity index (χ3n) is 2.96. The Morgan fingerprint density at radius 1 is 1.24 bits per heavy atom. The van der Waals surface area contributed by atoms with Crippen molar-refractivity contribution in [1.29, 1.82) is 0 Å². The van der Waals surface area contributed by atoms with Gasteiger partial charge in [0.1, 0.15) is 0 Å². The van der Waals surface area contributed by atoms with Gasteiger partial charge in [0.15, 0.2) is 5.78 Å². The van der Waals surface area contributed by atoms with Gasteiger partial charge in [-0.15, -0.1) is 0 Å². The van der Waals surface area contributed by atoms with Crippen LogP contribution in [0.4, 0.5) is 0 Å². The van der Waals surface area contributed by atoms with Crippen LogP contribution in [0.1, 0.15) is 23.7 Å². The summed E-state index contributed by atoms with van der Waals surface area (Å²) >= 11 is 0. The fourth-order valence-electron chi connectivity index (χ4n) is 1.83. The Hall–Kier alpha value is -1.89. The predicted molar refractivity (Wildman–Crippen MR) is 70.9 cm³/mol. The van der Waals surface area contributed by atoms with Crippen LogP contribution in [0, 0.1) is 5.41 Å². The Balaban J connectivity index is 2.09. The average molecular weight is 224 g/mol. The van der Waals surface area contributed by atoms with Crippen molar-refractivity contribution < 1.29 is 4.79 Å². The summed E-state index contributed by atoms with van der Waals surface area (Å²) in [6.45, 7) is 2.13. The largest absolute Gasteiger partial charge is 0.289 e. The zero-order chi connectivity index (χ0) is 12.1. The summed E-state index contributed by atoms with van der Waals surface area (Å²) in [5.74, 6) is 0.0646. The summed E-state index contributed by atoms with van der Waals surface area (Å²) in [6, 6.07) is 9.35. The molecule has 1 atom stereocenters. The highest BCUT2D eigenvalue weighted by Gasteiger charge is 2.17. The normalized spacial score (nSPS) is 23.1. The summed E-state index contributed by atoms with van der Waals surface area (Å²) in [6.07, 6.45) is 12.9. The number of rotatable bonds is 3. The number of allylic oxidation sites excluding steroid dienone is 6. The van der Waals surface area contributed by atoms with E-state index in [0.29, 0.717) is 0 Å². The van der Waals surface area contributed by atoms with E-state index in [1.54, 1.807) is 6.08 Å². The Kier molecular flexibility index (Phi) is 3.38. The van der Waals surface area contributed by atoms with Crippen molar-refractivity contribution in [3.63, 3.8) is 0 Å². The molecule has 1 aliphatic rings. The first-order valence-corrected chi connectivity index (χ1v) is 5.83. The van der Waals surface area contributed by atoms with Crippen molar-refractivity contribution in [3.8, 4) is 0 Å². The van der Waals surface area contributed by atoms with Crippen LogP contribution < -0.4 is 0 Å². The van der Waals surface area contributed by atoms with Gasteiger partial charge in [-0.1, -0.05) is 67.6 Å². The summed E-state index contributed by atoms with van der Waals surface area (Å²) in [7, 11) is 0. The minimum absolute atomic E-state index is 0.0286. The van der Waals surface area contributed by atoms with Gasteiger partial charge in [-0.25, -0.2) is 0 Å². The number of ketones is 1. The molecule has 0 N–H and O–H groups in total. The predicted octanol–water partition coefficient (Wildman–Crippen LogP) is 3.95. The lowest BCUT2D eigenvalue weighted by atomic mass is 9.83. The maximum atomic E-state index is 11.9. The zero-order valence-electron chi connectivity index (χ0n) is 9.97. The molecule has 0 spiro atoms. The van der Waals surface area contributed by atoms with E-state index in [2.05, 4.69) is 19.1 Å². The minimum Gasteiger partial charge on any atom is -0.289 e. The van der Waals surface area contributed by atoms with Crippen LogP contribution in [0.2, 0.25) is 0 Å². The fraction of sp³-hybridized carbons (Fsp3) is 0.188. The molecule has 0 saturated carbocycles. The quantitative estimate of drug-likeness (QED) is 0.561. The lowest BCUT2D eigenvalue weighted by Gasteiger charge is -2.21. The van der Waals surface area contributed by atoms with Gasteiger partial charge in [0, 0.05) is 11.0 Å². The molecule has 0 aromatic heterocycles. The van der Waals surface area contributed by atoms with E-state index in [1.807, 2.05) is 48.6 Å². The Bertz CT molecular complexity index is 480. The van der Waals surface area contributed by atoms with Crippen molar-refractivity contribution in [2.24, 2.45) is 5.41 Å². The molecule has 0 radical (unpaired) electrons. The second-order valence-corrected chi connectivity index (χ2v) is 4.56. The number of benzene rings is 1. The van der Waals surface area contributed by atoms with Gasteiger partial charge in [0.25, 0.3) is 0 Å². The standard InChI is InChI=1S/C16H16O/c1-16(11-6-3-7-12-16)13-10-15(17)14-8-4-2-5-9-14/h2-11,13H,12H2,1H3/b13-10-. The van der Waals surface area contributed by atoms with Crippen molar-refractivity contribution >= 4 is 5.78 Å². The molecule has 0 bridgehead atoms. The average Bonchev–Trinajstić information content (AvgIpc) is 2.38. The SMILES string of the molecule is CC1(/C=C\C(=O)c2ccccc2)C=CC=CC1. The number of hydrogen-bond acceptors (Lipinski definition) is 1. The molecule has 1 aromatic carbocycles. The van der Waals surface area contributed by atoms with Crippen LogP contribution in [0.25, 0.3) is 0 Å². The highest BCUT2D eigenvalue weighted by atomic mass is 16.1. The Morgan fingerprint density at radius 2 is 2.00 bits per heavy atom. The number of carbonyl (C=O) groups is 1. The van der Waals surface area contributed by atoms with Crippen molar-refractivity contribution in [2.45, 2.75) is 13.3 Å². The molecular formula is C16H16O. The van der Waals surface area contributed by atoms with Crippen LogP contribution in [0.5, 0.6) is 0 Å². The van der Waals surface area contributed by atoms with Gasteiger partial charge in [-0.3, -0.25) is 4.79 Å². The zero-order valence-corrected chi connectivity index (χ0v) is 9.97. The molecule has 1 aliphatic carbocycles. The van der Waals surface area contributed by atoms with Crippen LogP contribution in [0.3, 0.4) is 0 Å². The third-order valence-corrected chi connectivity index (χ3v) is 2.96. The number of hydrogen-bond donors (Lipinski definition) is 0. The van der Waals surface area contributed by atoms with Crippen LogP contribution in [0.15, 0.2) is 66.8 Å². The lowest BCUT2D eigenvalue weighted by molar-refractivity contribution is 0.104. The minimum atomic E-state index is -0.0286. The van der Waals surface area contributed by atoms with E-state index in [-0.39, 0.29) is 11.2 Å². The molecule has 0 fully saturated rings. The van der Waals surface area contributed by atoms with E-state index in [1.165, 1.54) is 0 Å². The molecule has 1 unspecified atom stereocenters. The number of carbonyl (C=O) groups excluding carboxylic acids is 1. The molecule has 1 heteroatoms. The highest BCUT2D eigenvalue weighted by Crippen LogP contribution is 2.28. The van der Waals surface area contributed by atoms with E-state index in [0.717, 1.165) is 12.0 Å². The maximum absolute atomic E-state index is 11.9. The molecule has 17 heavy (non-hydrogen) atoms. The molecule has 2 rings (SSSR count).